The van der Waals surface area contributed by atoms with Gasteiger partial charge in [-0.2, -0.15) is 0 Å². The lowest BCUT2D eigenvalue weighted by molar-refractivity contribution is -0.122. The molecular formula is C30H36N6O4. The summed E-state index contributed by atoms with van der Waals surface area (Å²) in [4.78, 5) is 44.3. The number of urea groups is 1. The molecule has 3 aliphatic heterocycles. The van der Waals surface area contributed by atoms with Crippen molar-refractivity contribution in [1.29, 1.82) is 5.41 Å². The summed E-state index contributed by atoms with van der Waals surface area (Å²) >= 11 is 0. The molecule has 2 fully saturated rings. The molecule has 3 heterocycles. The summed E-state index contributed by atoms with van der Waals surface area (Å²) in [6.07, 6.45) is 6.18. The minimum Gasteiger partial charge on any atom is -0.497 e. The Labute approximate surface area is 234 Å². The summed E-state index contributed by atoms with van der Waals surface area (Å²) in [5, 5.41) is 13.7. The second kappa shape index (κ2) is 11.2. The fourth-order valence-electron chi connectivity index (χ4n) is 5.62. The molecule has 210 valence electrons. The number of hydrogen-bond acceptors (Lipinski definition) is 6. The van der Waals surface area contributed by atoms with E-state index in [1.54, 1.807) is 12.1 Å². The number of amidine groups is 1. The lowest BCUT2D eigenvalue weighted by Gasteiger charge is -2.27. The van der Waals surface area contributed by atoms with E-state index >= 15 is 0 Å². The van der Waals surface area contributed by atoms with E-state index in [0.29, 0.717) is 42.6 Å². The van der Waals surface area contributed by atoms with Gasteiger partial charge in [-0.1, -0.05) is 30.1 Å². The van der Waals surface area contributed by atoms with Crippen molar-refractivity contribution in [1.82, 2.24) is 25.3 Å². The molecule has 0 unspecified atom stereocenters. The molecule has 4 amide bonds. The minimum atomic E-state index is -1.55. The number of nitrogens with one attached hydrogen (secondary N) is 3. The van der Waals surface area contributed by atoms with Crippen LogP contribution in [0, 0.1) is 17.3 Å². The molecule has 1 atom stereocenters. The number of ether oxygens (including phenoxy) is 1. The van der Waals surface area contributed by atoms with E-state index in [0.717, 1.165) is 49.3 Å². The van der Waals surface area contributed by atoms with Crippen LogP contribution in [0.15, 0.2) is 41.5 Å². The normalized spacial score (nSPS) is 23.1. The van der Waals surface area contributed by atoms with Gasteiger partial charge in [-0.3, -0.25) is 25.2 Å². The van der Waals surface area contributed by atoms with Crippen LogP contribution in [0.2, 0.25) is 0 Å². The second-order valence-corrected chi connectivity index (χ2v) is 11.0. The van der Waals surface area contributed by atoms with Gasteiger partial charge >= 0.3 is 6.03 Å². The lowest BCUT2D eigenvalue weighted by Crippen LogP contribution is -2.54. The third-order valence-corrected chi connectivity index (χ3v) is 8.03. The first-order valence-electron chi connectivity index (χ1n) is 13.8. The van der Waals surface area contributed by atoms with Gasteiger partial charge in [0.05, 0.1) is 13.7 Å². The van der Waals surface area contributed by atoms with Gasteiger partial charge in [0.25, 0.3) is 11.8 Å². The predicted octanol–water partition coefficient (Wildman–Crippen LogP) is 2.27. The Hall–Kier alpha value is -4.10. The van der Waals surface area contributed by atoms with Gasteiger partial charge in [0.1, 0.15) is 11.6 Å². The molecule has 4 aliphatic rings. The Balaban J connectivity index is 1.30. The number of amides is 4. The number of imide groups is 1. The zero-order valence-electron chi connectivity index (χ0n) is 23.3. The van der Waals surface area contributed by atoms with Gasteiger partial charge in [-0.15, -0.1) is 0 Å². The average molecular weight is 545 g/mol. The predicted molar refractivity (Wildman–Crippen MR) is 151 cm³/mol. The highest BCUT2D eigenvalue weighted by Gasteiger charge is 2.48. The van der Waals surface area contributed by atoms with Crippen molar-refractivity contribution in [2.45, 2.75) is 51.2 Å². The molecule has 10 heteroatoms. The van der Waals surface area contributed by atoms with Gasteiger partial charge < -0.3 is 19.9 Å². The lowest BCUT2D eigenvalue weighted by atomic mass is 9.94. The number of nitrogens with zero attached hydrogens (tertiary/aromatic N) is 3. The van der Waals surface area contributed by atoms with Crippen molar-refractivity contribution in [3.8, 4) is 17.6 Å². The largest absolute Gasteiger partial charge is 0.497 e. The first-order valence-corrected chi connectivity index (χ1v) is 13.8. The number of benzene rings is 1. The molecular weight excluding hydrogens is 508 g/mol. The molecule has 0 radical (unpaired) electrons. The molecule has 3 N–H and O–H groups in total. The van der Waals surface area contributed by atoms with Crippen molar-refractivity contribution in [3.63, 3.8) is 0 Å². The van der Waals surface area contributed by atoms with E-state index in [4.69, 9.17) is 10.1 Å². The fourth-order valence-corrected chi connectivity index (χ4v) is 5.62. The van der Waals surface area contributed by atoms with Gasteiger partial charge in [-0.25, -0.2) is 4.79 Å². The minimum absolute atomic E-state index is 0.0746. The zero-order valence-corrected chi connectivity index (χ0v) is 23.3. The molecule has 1 aliphatic carbocycles. The van der Waals surface area contributed by atoms with Gasteiger partial charge in [-0.05, 0) is 56.4 Å². The van der Waals surface area contributed by atoms with E-state index in [2.05, 4.69) is 46.1 Å². The topological polar surface area (TPSA) is 118 Å². The Morgan fingerprint density at radius 2 is 1.95 bits per heavy atom. The van der Waals surface area contributed by atoms with Crippen LogP contribution < -0.4 is 15.4 Å². The molecule has 10 nitrogen and oxygen atoms in total. The standard InChI is InChI=1S/C30H36N6O4/c1-20(2)34-13-4-14-35(16-15-34)26(31)22-7-5-21(6-8-22)11-12-30(28(38)32-29(39)33-30)19-36-18-23-9-10-24(40-3)17-25(23)27(36)37/h5,7,9-10,17,20,31H,4,6,8,13-16,18-19H2,1-3H3,(H2,32,33,38,39)/t30-/m1/s1. The number of carbonyl (C=O) groups excluding carboxylic acids is 3. The van der Waals surface area contributed by atoms with E-state index in [9.17, 15) is 14.4 Å². The van der Waals surface area contributed by atoms with Gasteiger partial charge in [0, 0.05) is 49.9 Å². The quantitative estimate of drug-likeness (QED) is 0.227. The number of allylic oxidation sites excluding steroid dienone is 3. The highest BCUT2D eigenvalue weighted by molar-refractivity contribution is 6.10. The number of fused-ring (bicyclic) bond motifs is 1. The van der Waals surface area contributed by atoms with Crippen molar-refractivity contribution >= 4 is 23.7 Å². The van der Waals surface area contributed by atoms with Crippen molar-refractivity contribution < 1.29 is 19.1 Å². The van der Waals surface area contributed by atoms with Crippen LogP contribution in [-0.4, -0.2) is 89.8 Å². The maximum atomic E-state index is 13.1. The first kappa shape index (κ1) is 27.5. The zero-order chi connectivity index (χ0) is 28.4. The van der Waals surface area contributed by atoms with Crippen LogP contribution in [0.1, 0.15) is 49.0 Å². The molecule has 5 rings (SSSR count). The SMILES string of the molecule is COc1ccc2c(c1)C(=O)N(C[C@@]1(C#CC3=CC=C(C(=N)N4CCCN(C(C)C)CC4)CC3)NC(=O)NC1=O)C2. The summed E-state index contributed by atoms with van der Waals surface area (Å²) in [5.41, 5.74) is 1.58. The Morgan fingerprint density at radius 3 is 2.62 bits per heavy atom. The monoisotopic (exact) mass is 544 g/mol. The van der Waals surface area contributed by atoms with Crippen LogP contribution in [-0.2, 0) is 11.3 Å². The average Bonchev–Trinajstić information content (AvgIpc) is 3.26. The summed E-state index contributed by atoms with van der Waals surface area (Å²) in [7, 11) is 1.54. The molecule has 1 aromatic carbocycles. The molecule has 40 heavy (non-hydrogen) atoms. The summed E-state index contributed by atoms with van der Waals surface area (Å²) in [6.45, 7) is 8.38. The third kappa shape index (κ3) is 5.47. The van der Waals surface area contributed by atoms with E-state index in [1.165, 1.54) is 12.0 Å². The Morgan fingerprint density at radius 1 is 1.12 bits per heavy atom. The molecule has 0 aromatic heterocycles. The summed E-state index contributed by atoms with van der Waals surface area (Å²) in [5.74, 6) is 6.42. The number of hydrogen-bond donors (Lipinski definition) is 3. The van der Waals surface area contributed by atoms with Crippen LogP contribution in [0.4, 0.5) is 4.79 Å². The molecule has 1 aromatic rings. The number of rotatable bonds is 5. The molecule has 0 bridgehead atoms. The van der Waals surface area contributed by atoms with Gasteiger partial charge in [0.2, 0.25) is 5.54 Å². The third-order valence-electron chi connectivity index (χ3n) is 8.03. The number of methoxy groups -OCH3 is 1. The van der Waals surface area contributed by atoms with Crippen molar-refractivity contribution in [2.75, 3.05) is 39.8 Å². The maximum absolute atomic E-state index is 13.1. The van der Waals surface area contributed by atoms with E-state index < -0.39 is 17.5 Å². The first-order chi connectivity index (χ1) is 19.2. The van der Waals surface area contributed by atoms with Crippen LogP contribution in [0.25, 0.3) is 0 Å². The van der Waals surface area contributed by atoms with E-state index in [-0.39, 0.29) is 12.5 Å². The van der Waals surface area contributed by atoms with Crippen molar-refractivity contribution in [3.05, 3.63) is 52.6 Å². The smallest absolute Gasteiger partial charge is 0.323 e. The Bertz CT molecular complexity index is 1370. The van der Waals surface area contributed by atoms with Crippen LogP contribution in [0.5, 0.6) is 5.75 Å². The Kier molecular flexibility index (Phi) is 7.68. The highest BCUT2D eigenvalue weighted by Crippen LogP contribution is 2.29. The number of carbonyl (C=O) groups is 3. The maximum Gasteiger partial charge on any atom is 0.323 e. The fraction of sp³-hybridized carbons (Fsp3) is 0.467. The summed E-state index contributed by atoms with van der Waals surface area (Å²) < 4.78 is 5.25. The second-order valence-electron chi connectivity index (χ2n) is 11.0. The molecule has 0 saturated carbocycles. The van der Waals surface area contributed by atoms with E-state index in [1.807, 2.05) is 18.2 Å². The van der Waals surface area contributed by atoms with Crippen molar-refractivity contribution in [2.24, 2.45) is 0 Å². The van der Waals surface area contributed by atoms with Crippen LogP contribution >= 0.6 is 0 Å². The van der Waals surface area contributed by atoms with Crippen LogP contribution in [0.3, 0.4) is 0 Å². The highest BCUT2D eigenvalue weighted by atomic mass is 16.5. The molecule has 0 spiro atoms. The summed E-state index contributed by atoms with van der Waals surface area (Å²) in [6, 6.07) is 5.18. The molecule has 2 saturated heterocycles. The van der Waals surface area contributed by atoms with Gasteiger partial charge in [0.15, 0.2) is 0 Å².